The Morgan fingerprint density at radius 1 is 1.00 bits per heavy atom. The maximum Gasteiger partial charge on any atom is 0.244 e. The number of carbonyl (C=O) groups excluding carboxylic acids is 2. The van der Waals surface area contributed by atoms with E-state index in [1.807, 2.05) is 30.6 Å². The maximum atomic E-state index is 12.9. The van der Waals surface area contributed by atoms with Crippen LogP contribution in [0.15, 0.2) is 29.4 Å². The highest BCUT2D eigenvalue weighted by Gasteiger charge is 2.36. The van der Waals surface area contributed by atoms with Gasteiger partial charge >= 0.3 is 0 Å². The fourth-order valence-corrected chi connectivity index (χ4v) is 5.29. The van der Waals surface area contributed by atoms with Crippen molar-refractivity contribution in [2.45, 2.75) is 38.5 Å². The molecule has 9 heteroatoms. The molecule has 1 aromatic rings. The standard InChI is InChI=1S/C20H30N4O4S/c1-20(2,3)19(26)23-13-11-22(12-14-23)18(25)16-6-9-24(10-7-16)29(27,28)17-5-4-8-21-15-17/h4-5,8,15-16H,6-7,9-14H2,1-3H3. The number of nitrogens with zero attached hydrogens (tertiary/aromatic N) is 4. The minimum atomic E-state index is -3.57. The number of piperazine rings is 1. The molecule has 0 aliphatic carbocycles. The summed E-state index contributed by atoms with van der Waals surface area (Å²) in [7, 11) is -3.57. The van der Waals surface area contributed by atoms with E-state index in [1.54, 1.807) is 12.3 Å². The molecule has 2 amide bonds. The minimum Gasteiger partial charge on any atom is -0.339 e. The summed E-state index contributed by atoms with van der Waals surface area (Å²) in [6.07, 6.45) is 3.92. The van der Waals surface area contributed by atoms with Gasteiger partial charge in [0.2, 0.25) is 21.8 Å². The molecule has 0 spiro atoms. The lowest BCUT2D eigenvalue weighted by atomic mass is 9.94. The van der Waals surface area contributed by atoms with E-state index < -0.39 is 15.4 Å². The van der Waals surface area contributed by atoms with E-state index in [9.17, 15) is 18.0 Å². The summed E-state index contributed by atoms with van der Waals surface area (Å²) in [6.45, 7) is 8.54. The van der Waals surface area contributed by atoms with Crippen molar-refractivity contribution < 1.29 is 18.0 Å². The molecule has 2 aliphatic heterocycles. The quantitative estimate of drug-likeness (QED) is 0.730. The van der Waals surface area contributed by atoms with Gasteiger partial charge in [0.05, 0.1) is 0 Å². The zero-order chi connectivity index (χ0) is 21.2. The minimum absolute atomic E-state index is 0.0753. The molecule has 0 bridgehead atoms. The Morgan fingerprint density at radius 2 is 1.59 bits per heavy atom. The van der Waals surface area contributed by atoms with E-state index in [2.05, 4.69) is 4.98 Å². The van der Waals surface area contributed by atoms with E-state index in [0.29, 0.717) is 52.1 Å². The van der Waals surface area contributed by atoms with Crippen LogP contribution >= 0.6 is 0 Å². The largest absolute Gasteiger partial charge is 0.339 e. The van der Waals surface area contributed by atoms with Crippen LogP contribution in [0.2, 0.25) is 0 Å². The first-order valence-electron chi connectivity index (χ1n) is 10.1. The molecule has 0 N–H and O–H groups in total. The number of hydrogen-bond acceptors (Lipinski definition) is 5. The molecule has 2 saturated heterocycles. The lowest BCUT2D eigenvalue weighted by Crippen LogP contribution is -2.54. The maximum absolute atomic E-state index is 12.9. The highest BCUT2D eigenvalue weighted by Crippen LogP contribution is 2.26. The second-order valence-corrected chi connectivity index (χ2v) is 10.7. The third-order valence-corrected chi connectivity index (χ3v) is 7.48. The molecule has 29 heavy (non-hydrogen) atoms. The molecule has 0 atom stereocenters. The van der Waals surface area contributed by atoms with Crippen LogP contribution < -0.4 is 0 Å². The molecule has 2 aliphatic rings. The van der Waals surface area contributed by atoms with Gasteiger partial charge in [0, 0.05) is 63.0 Å². The second kappa shape index (κ2) is 8.39. The molecule has 1 aromatic heterocycles. The molecular weight excluding hydrogens is 392 g/mol. The Bertz CT molecular complexity index is 835. The van der Waals surface area contributed by atoms with Crippen LogP contribution in [0.4, 0.5) is 0 Å². The van der Waals surface area contributed by atoms with Crippen LogP contribution in [0.1, 0.15) is 33.6 Å². The lowest BCUT2D eigenvalue weighted by molar-refractivity contribution is -0.146. The van der Waals surface area contributed by atoms with Crippen molar-refractivity contribution in [2.24, 2.45) is 11.3 Å². The van der Waals surface area contributed by atoms with Gasteiger partial charge in [-0.2, -0.15) is 4.31 Å². The Labute approximate surface area is 172 Å². The van der Waals surface area contributed by atoms with Gasteiger partial charge < -0.3 is 9.80 Å². The van der Waals surface area contributed by atoms with Crippen molar-refractivity contribution in [1.82, 2.24) is 19.1 Å². The summed E-state index contributed by atoms with van der Waals surface area (Å²) >= 11 is 0. The summed E-state index contributed by atoms with van der Waals surface area (Å²) in [5.74, 6) is 0.0185. The zero-order valence-corrected chi connectivity index (χ0v) is 18.2. The van der Waals surface area contributed by atoms with E-state index in [-0.39, 0.29) is 22.6 Å². The fraction of sp³-hybridized carbons (Fsp3) is 0.650. The van der Waals surface area contributed by atoms with Gasteiger partial charge in [0.1, 0.15) is 4.90 Å². The Morgan fingerprint density at radius 3 is 2.10 bits per heavy atom. The average molecular weight is 423 g/mol. The summed E-state index contributed by atoms with van der Waals surface area (Å²) in [6, 6.07) is 3.14. The number of hydrogen-bond donors (Lipinski definition) is 0. The first-order chi connectivity index (χ1) is 13.6. The monoisotopic (exact) mass is 422 g/mol. The molecule has 0 aromatic carbocycles. The van der Waals surface area contributed by atoms with E-state index in [4.69, 9.17) is 0 Å². The number of pyridine rings is 1. The normalized spacial score (nSPS) is 20.0. The Balaban J connectivity index is 1.53. The van der Waals surface area contributed by atoms with Crippen LogP contribution in [0.5, 0.6) is 0 Å². The topological polar surface area (TPSA) is 90.9 Å². The summed E-state index contributed by atoms with van der Waals surface area (Å²) in [5, 5.41) is 0. The smallest absolute Gasteiger partial charge is 0.244 e. The average Bonchev–Trinajstić information content (AvgIpc) is 2.73. The van der Waals surface area contributed by atoms with Gasteiger partial charge in [-0.1, -0.05) is 20.8 Å². The number of rotatable bonds is 3. The second-order valence-electron chi connectivity index (χ2n) is 8.73. The predicted molar refractivity (Wildman–Crippen MR) is 108 cm³/mol. The highest BCUT2D eigenvalue weighted by atomic mass is 32.2. The molecule has 160 valence electrons. The first kappa shape index (κ1) is 21.7. The van der Waals surface area contributed by atoms with Crippen molar-refractivity contribution in [3.05, 3.63) is 24.5 Å². The lowest BCUT2D eigenvalue weighted by Gasteiger charge is -2.40. The van der Waals surface area contributed by atoms with Crippen LogP contribution in [0.25, 0.3) is 0 Å². The number of piperidine rings is 1. The summed E-state index contributed by atoms with van der Waals surface area (Å²) < 4.78 is 26.8. The molecule has 2 fully saturated rings. The van der Waals surface area contributed by atoms with Gasteiger partial charge in [-0.15, -0.1) is 0 Å². The van der Waals surface area contributed by atoms with Crippen LogP contribution in [-0.4, -0.2) is 78.6 Å². The van der Waals surface area contributed by atoms with Crippen LogP contribution in [0, 0.1) is 11.3 Å². The fourth-order valence-electron chi connectivity index (χ4n) is 3.85. The van der Waals surface area contributed by atoms with Crippen molar-refractivity contribution in [2.75, 3.05) is 39.3 Å². The summed E-state index contributed by atoms with van der Waals surface area (Å²) in [4.78, 5) is 33.0. The Hall–Kier alpha value is -2.00. The number of sulfonamides is 1. The van der Waals surface area contributed by atoms with Crippen molar-refractivity contribution in [3.63, 3.8) is 0 Å². The van der Waals surface area contributed by atoms with Gasteiger partial charge in [-0.25, -0.2) is 8.42 Å². The van der Waals surface area contributed by atoms with Crippen molar-refractivity contribution in [3.8, 4) is 0 Å². The van der Waals surface area contributed by atoms with E-state index >= 15 is 0 Å². The van der Waals surface area contributed by atoms with E-state index in [1.165, 1.54) is 16.6 Å². The SMILES string of the molecule is CC(C)(C)C(=O)N1CCN(C(=O)C2CCN(S(=O)(=O)c3cccnc3)CC2)CC1. The molecule has 0 radical (unpaired) electrons. The zero-order valence-electron chi connectivity index (χ0n) is 17.4. The molecule has 8 nitrogen and oxygen atoms in total. The van der Waals surface area contributed by atoms with Crippen LogP contribution in [0.3, 0.4) is 0 Å². The number of carbonyl (C=O) groups is 2. The third-order valence-electron chi connectivity index (χ3n) is 5.60. The number of aromatic nitrogens is 1. The number of amides is 2. The van der Waals surface area contributed by atoms with E-state index in [0.717, 1.165) is 0 Å². The third kappa shape index (κ3) is 4.78. The van der Waals surface area contributed by atoms with Gasteiger partial charge in [-0.05, 0) is 25.0 Å². The first-order valence-corrected chi connectivity index (χ1v) is 11.5. The molecule has 0 saturated carbocycles. The van der Waals surface area contributed by atoms with Gasteiger partial charge in [0.15, 0.2) is 0 Å². The van der Waals surface area contributed by atoms with Gasteiger partial charge in [-0.3, -0.25) is 14.6 Å². The summed E-state index contributed by atoms with van der Waals surface area (Å²) in [5.41, 5.74) is -0.418. The molecule has 3 rings (SSSR count). The molecule has 0 unspecified atom stereocenters. The molecule has 3 heterocycles. The van der Waals surface area contributed by atoms with Gasteiger partial charge in [0.25, 0.3) is 0 Å². The van der Waals surface area contributed by atoms with Crippen molar-refractivity contribution in [1.29, 1.82) is 0 Å². The molecular formula is C20H30N4O4S. The van der Waals surface area contributed by atoms with Crippen molar-refractivity contribution >= 4 is 21.8 Å². The highest BCUT2D eigenvalue weighted by molar-refractivity contribution is 7.89. The predicted octanol–water partition coefficient (Wildman–Crippen LogP) is 1.20. The van der Waals surface area contributed by atoms with Crippen LogP contribution in [-0.2, 0) is 19.6 Å². The Kier molecular flexibility index (Phi) is 6.28.